The molecule has 3 aliphatic heterocycles. The van der Waals surface area contributed by atoms with Crippen LogP contribution in [0.5, 0.6) is 0 Å². The van der Waals surface area contributed by atoms with Crippen molar-refractivity contribution in [2.45, 2.75) is 407 Å². The van der Waals surface area contributed by atoms with Gasteiger partial charge in [-0.25, -0.2) is 0 Å². The Morgan fingerprint density at radius 1 is 0.363 bits per heavy atom. The van der Waals surface area contributed by atoms with Gasteiger partial charge >= 0.3 is 0 Å². The Labute approximate surface area is 616 Å². The van der Waals surface area contributed by atoms with Crippen LogP contribution in [-0.4, -0.2) is 193 Å². The summed E-state index contributed by atoms with van der Waals surface area (Å²) in [6.07, 6.45) is 56.6. The number of unbranched alkanes of at least 4 members (excludes halogenated alkanes) is 34. The zero-order valence-corrected chi connectivity index (χ0v) is 63.3. The Morgan fingerprint density at radius 3 is 1.06 bits per heavy atom. The third-order valence-corrected chi connectivity index (χ3v) is 20.0. The molecule has 0 aromatic heterocycles. The SMILES string of the molecule is CC/C=C\C/C=C\C/C=C\C/C=C\C/C=C\C/C=C\C/C=C\CCCCCCCCCCCCCC(=O)NC(COC1OC(CO)C(OC2OC(CO)C(OC3OC(CO)C(O)C(O)C3O)C(O)C2O)C(O)C1O)C(O)CCCCCCCCCCCCCCCCCCCCCCCCCC. The molecule has 19 nitrogen and oxygen atoms in total. The summed E-state index contributed by atoms with van der Waals surface area (Å²) in [5.41, 5.74) is 0. The lowest BCUT2D eigenvalue weighted by molar-refractivity contribution is -0.379. The molecule has 0 aromatic carbocycles. The summed E-state index contributed by atoms with van der Waals surface area (Å²) in [5.74, 6) is -0.246. The van der Waals surface area contributed by atoms with E-state index in [1.54, 1.807) is 0 Å². The molecule has 592 valence electrons. The first-order valence-electron chi connectivity index (χ1n) is 40.8. The molecule has 0 bridgehead atoms. The second-order valence-electron chi connectivity index (χ2n) is 28.9. The number of rotatable bonds is 64. The minimum absolute atomic E-state index is 0.246. The quantitative estimate of drug-likeness (QED) is 0.0199. The molecule has 17 unspecified atom stereocenters. The van der Waals surface area contributed by atoms with Crippen LogP contribution in [-0.2, 0) is 33.2 Å². The number of carbonyl (C=O) groups is 1. The molecule has 3 aliphatic rings. The molecule has 3 saturated heterocycles. The summed E-state index contributed by atoms with van der Waals surface area (Å²) in [6.45, 7) is 1.72. The van der Waals surface area contributed by atoms with E-state index in [1.807, 2.05) is 0 Å². The van der Waals surface area contributed by atoms with E-state index >= 15 is 0 Å². The van der Waals surface area contributed by atoms with E-state index in [4.69, 9.17) is 28.4 Å². The van der Waals surface area contributed by atoms with E-state index in [2.05, 4.69) is 104 Å². The van der Waals surface area contributed by atoms with Crippen LogP contribution in [0.25, 0.3) is 0 Å². The number of allylic oxidation sites excluding steroid dienone is 14. The standard InChI is InChI=1S/C83H147NO18/c1-3-5-7-9-11-13-15-17-19-21-23-25-27-29-30-31-32-33-34-35-36-37-39-41-43-45-47-49-51-53-55-57-59-61-71(89)84-66(67(88)60-58-56-54-52-50-48-46-44-42-40-38-28-26-24-22-20-18-16-14-12-10-8-6-4-2)65-97-81-77(95)74(92)79(69(63-86)99-81)102-83-78(96)75(93)80(70(64-87)100-83)101-82-76(94)73(91)72(90)68(62-85)98-82/h5,7,11,13,17,19,23,25,29-30,32-33,35-36,66-70,72-83,85-88,90-96H,3-4,6,8-10,12,14-16,18,20-22,24,26-28,31,34,37-65H2,1-2H3,(H,84,89)/b7-5-,13-11-,19-17-,25-23-,30-29-,33-32-,36-35-. The fourth-order valence-corrected chi connectivity index (χ4v) is 13.5. The summed E-state index contributed by atoms with van der Waals surface area (Å²) in [7, 11) is 0. The molecule has 0 radical (unpaired) electrons. The maximum absolute atomic E-state index is 13.5. The number of aliphatic hydroxyl groups excluding tert-OH is 11. The Hall–Kier alpha value is -3.03. The molecule has 3 fully saturated rings. The Bertz CT molecular complexity index is 2170. The van der Waals surface area contributed by atoms with Crippen molar-refractivity contribution in [3.63, 3.8) is 0 Å². The van der Waals surface area contributed by atoms with Crippen LogP contribution >= 0.6 is 0 Å². The summed E-state index contributed by atoms with van der Waals surface area (Å²) >= 11 is 0. The van der Waals surface area contributed by atoms with E-state index in [0.29, 0.717) is 12.8 Å². The smallest absolute Gasteiger partial charge is 0.220 e. The van der Waals surface area contributed by atoms with E-state index in [9.17, 15) is 61.0 Å². The summed E-state index contributed by atoms with van der Waals surface area (Å²) < 4.78 is 34.5. The second-order valence-corrected chi connectivity index (χ2v) is 28.9. The Balaban J connectivity index is 1.36. The molecular formula is C83H147NO18. The molecule has 3 rings (SSSR count). The Morgan fingerprint density at radius 2 is 0.676 bits per heavy atom. The lowest BCUT2D eigenvalue weighted by Gasteiger charge is -2.48. The van der Waals surface area contributed by atoms with Crippen molar-refractivity contribution in [2.75, 3.05) is 26.4 Å². The van der Waals surface area contributed by atoms with Gasteiger partial charge in [0.2, 0.25) is 5.91 Å². The van der Waals surface area contributed by atoms with Crippen molar-refractivity contribution >= 4 is 5.91 Å². The van der Waals surface area contributed by atoms with Gasteiger partial charge in [-0.2, -0.15) is 0 Å². The fraction of sp³-hybridized carbons (Fsp3) is 0.819. The first-order chi connectivity index (χ1) is 49.8. The monoisotopic (exact) mass is 1450 g/mol. The molecule has 12 N–H and O–H groups in total. The number of amides is 1. The van der Waals surface area contributed by atoms with Crippen LogP contribution < -0.4 is 5.32 Å². The van der Waals surface area contributed by atoms with Gasteiger partial charge < -0.3 is 89.9 Å². The normalized spacial score (nSPS) is 26.6. The van der Waals surface area contributed by atoms with E-state index in [0.717, 1.165) is 96.3 Å². The van der Waals surface area contributed by atoms with Gasteiger partial charge in [-0.1, -0.05) is 311 Å². The molecule has 0 aliphatic carbocycles. The molecule has 102 heavy (non-hydrogen) atoms. The molecule has 0 spiro atoms. The van der Waals surface area contributed by atoms with Crippen molar-refractivity contribution in [3.8, 4) is 0 Å². The topological polar surface area (TPSA) is 307 Å². The third-order valence-electron chi connectivity index (χ3n) is 20.0. The third kappa shape index (κ3) is 42.5. The van der Waals surface area contributed by atoms with Crippen molar-refractivity contribution < 1.29 is 89.4 Å². The van der Waals surface area contributed by atoms with Gasteiger partial charge in [0, 0.05) is 6.42 Å². The molecule has 19 heteroatoms. The number of aliphatic hydroxyl groups is 11. The maximum atomic E-state index is 13.5. The van der Waals surface area contributed by atoms with Crippen LogP contribution in [0.1, 0.15) is 303 Å². The van der Waals surface area contributed by atoms with E-state index in [1.165, 1.54) is 173 Å². The van der Waals surface area contributed by atoms with Gasteiger partial charge in [0.25, 0.3) is 0 Å². The number of carbonyl (C=O) groups excluding carboxylic acids is 1. The minimum Gasteiger partial charge on any atom is -0.394 e. The molecule has 17 atom stereocenters. The highest BCUT2D eigenvalue weighted by Crippen LogP contribution is 2.33. The molecule has 0 aromatic rings. The van der Waals surface area contributed by atoms with Crippen LogP contribution in [0.15, 0.2) is 85.1 Å². The van der Waals surface area contributed by atoms with Crippen LogP contribution in [0, 0.1) is 0 Å². The summed E-state index contributed by atoms with van der Waals surface area (Å²) in [6, 6.07) is -0.896. The first kappa shape index (κ1) is 93.2. The highest BCUT2D eigenvalue weighted by molar-refractivity contribution is 5.76. The largest absolute Gasteiger partial charge is 0.394 e. The van der Waals surface area contributed by atoms with Gasteiger partial charge in [-0.05, 0) is 70.6 Å². The second kappa shape index (κ2) is 63.0. The molecular weight excluding hydrogens is 1300 g/mol. The highest BCUT2D eigenvalue weighted by Gasteiger charge is 2.54. The van der Waals surface area contributed by atoms with Crippen molar-refractivity contribution in [3.05, 3.63) is 85.1 Å². The molecule has 1 amide bonds. The molecule has 3 heterocycles. The van der Waals surface area contributed by atoms with Crippen LogP contribution in [0.2, 0.25) is 0 Å². The minimum atomic E-state index is -1.98. The van der Waals surface area contributed by atoms with Crippen molar-refractivity contribution in [1.82, 2.24) is 5.32 Å². The average molecular weight is 1450 g/mol. The number of hydrogen-bond acceptors (Lipinski definition) is 18. The maximum Gasteiger partial charge on any atom is 0.220 e. The lowest BCUT2D eigenvalue weighted by Crippen LogP contribution is -2.66. The first-order valence-corrected chi connectivity index (χ1v) is 40.8. The predicted molar refractivity (Wildman–Crippen MR) is 406 cm³/mol. The average Bonchev–Trinajstić information content (AvgIpc) is 0.781. The van der Waals surface area contributed by atoms with Crippen molar-refractivity contribution in [1.29, 1.82) is 0 Å². The van der Waals surface area contributed by atoms with Gasteiger partial charge in [0.15, 0.2) is 18.9 Å². The summed E-state index contributed by atoms with van der Waals surface area (Å²) in [4.78, 5) is 13.5. The lowest BCUT2D eigenvalue weighted by atomic mass is 9.96. The predicted octanol–water partition coefficient (Wildman–Crippen LogP) is 13.8. The number of nitrogens with one attached hydrogen (secondary N) is 1. The van der Waals surface area contributed by atoms with E-state index in [-0.39, 0.29) is 18.9 Å². The van der Waals surface area contributed by atoms with Crippen LogP contribution in [0.4, 0.5) is 0 Å². The summed E-state index contributed by atoms with van der Waals surface area (Å²) in [5, 5.41) is 121. The van der Waals surface area contributed by atoms with Gasteiger partial charge in [0.1, 0.15) is 73.2 Å². The number of ether oxygens (including phenoxy) is 6. The van der Waals surface area contributed by atoms with Gasteiger partial charge in [0.05, 0.1) is 38.6 Å². The fourth-order valence-electron chi connectivity index (χ4n) is 13.5. The zero-order valence-electron chi connectivity index (χ0n) is 63.3. The Kier molecular flexibility index (Phi) is 57.5. The van der Waals surface area contributed by atoms with E-state index < -0.39 is 124 Å². The van der Waals surface area contributed by atoms with Gasteiger partial charge in [-0.15, -0.1) is 0 Å². The van der Waals surface area contributed by atoms with Gasteiger partial charge in [-0.3, -0.25) is 4.79 Å². The zero-order chi connectivity index (χ0) is 73.9. The van der Waals surface area contributed by atoms with Crippen molar-refractivity contribution in [2.24, 2.45) is 0 Å². The molecule has 0 saturated carbocycles. The highest BCUT2D eigenvalue weighted by atomic mass is 16.8. The van der Waals surface area contributed by atoms with Crippen LogP contribution in [0.3, 0.4) is 0 Å². The number of hydrogen-bond donors (Lipinski definition) is 12.